The van der Waals surface area contributed by atoms with Crippen LogP contribution in [-0.4, -0.2) is 18.0 Å². The molecule has 106 valence electrons. The van der Waals surface area contributed by atoms with Crippen LogP contribution in [0, 0.1) is 5.92 Å². The zero-order valence-corrected chi connectivity index (χ0v) is 11.6. The lowest BCUT2D eigenvalue weighted by atomic mass is 9.65. The molecule has 3 unspecified atom stereocenters. The first-order valence-corrected chi connectivity index (χ1v) is 7.44. The number of halogens is 3. The summed E-state index contributed by atoms with van der Waals surface area (Å²) >= 11 is 0.831. The Morgan fingerprint density at radius 1 is 1.26 bits per heavy atom. The molecule has 1 aliphatic carbocycles. The summed E-state index contributed by atoms with van der Waals surface area (Å²) in [5.74, 6) is 0.147. The topological polar surface area (TPSA) is 26.0 Å². The van der Waals surface area contributed by atoms with Crippen molar-refractivity contribution in [2.45, 2.75) is 42.8 Å². The van der Waals surface area contributed by atoms with Crippen molar-refractivity contribution in [1.82, 2.24) is 0 Å². The normalized spacial score (nSPS) is 27.1. The second-order valence-electron chi connectivity index (χ2n) is 5.05. The molecule has 2 rings (SSSR count). The average Bonchev–Trinajstić information content (AvgIpc) is 2.34. The molecule has 1 aromatic rings. The first-order chi connectivity index (χ1) is 8.90. The molecule has 5 heteroatoms. The first-order valence-electron chi connectivity index (χ1n) is 6.46. The van der Waals surface area contributed by atoms with Gasteiger partial charge in [0.2, 0.25) is 0 Å². The molecule has 1 aliphatic rings. The minimum Gasteiger partial charge on any atom is -0.327 e. The first kappa shape index (κ1) is 14.7. The fourth-order valence-electron chi connectivity index (χ4n) is 2.69. The molecule has 2 N–H and O–H groups in total. The van der Waals surface area contributed by atoms with Gasteiger partial charge in [-0.2, -0.15) is 13.2 Å². The molecule has 0 aliphatic heterocycles. The van der Waals surface area contributed by atoms with Gasteiger partial charge in [0.25, 0.3) is 0 Å². The third kappa shape index (κ3) is 3.66. The van der Waals surface area contributed by atoms with Crippen molar-refractivity contribution >= 4 is 11.8 Å². The van der Waals surface area contributed by atoms with Crippen LogP contribution in [0.15, 0.2) is 29.2 Å². The number of hydrogen-bond donors (Lipinski definition) is 1. The molecule has 3 atom stereocenters. The second kappa shape index (κ2) is 5.75. The molecule has 0 spiro atoms. The number of alkyl halides is 3. The van der Waals surface area contributed by atoms with E-state index in [9.17, 15) is 13.2 Å². The maximum Gasteiger partial charge on any atom is 0.398 e. The Morgan fingerprint density at radius 3 is 2.37 bits per heavy atom. The summed E-state index contributed by atoms with van der Waals surface area (Å²) in [4.78, 5) is 0.665. The molecule has 1 nitrogen and oxygen atoms in total. The molecule has 19 heavy (non-hydrogen) atoms. The maximum absolute atomic E-state index is 12.1. The van der Waals surface area contributed by atoms with Crippen molar-refractivity contribution in [2.24, 2.45) is 11.7 Å². The van der Waals surface area contributed by atoms with E-state index in [0.29, 0.717) is 16.7 Å². The number of rotatable bonds is 4. The van der Waals surface area contributed by atoms with E-state index in [-0.39, 0.29) is 6.04 Å². The fraction of sp³-hybridized carbons (Fsp3) is 0.571. The molecular weight excluding hydrogens is 271 g/mol. The Balaban J connectivity index is 1.95. The molecule has 1 fully saturated rings. The quantitative estimate of drug-likeness (QED) is 0.841. The summed E-state index contributed by atoms with van der Waals surface area (Å²) in [7, 11) is 0. The third-order valence-corrected chi connectivity index (χ3v) is 4.85. The van der Waals surface area contributed by atoms with E-state index in [1.54, 1.807) is 12.1 Å². The third-order valence-electron chi connectivity index (χ3n) is 3.78. The highest BCUT2D eigenvalue weighted by Gasteiger charge is 2.37. The van der Waals surface area contributed by atoms with E-state index in [2.05, 4.69) is 6.92 Å². The summed E-state index contributed by atoms with van der Waals surface area (Å²) < 4.78 is 36.4. The van der Waals surface area contributed by atoms with Gasteiger partial charge in [-0.15, -0.1) is 11.8 Å². The fourth-order valence-corrected chi connectivity index (χ4v) is 3.35. The van der Waals surface area contributed by atoms with E-state index in [1.807, 2.05) is 12.1 Å². The van der Waals surface area contributed by atoms with Gasteiger partial charge in [0, 0.05) is 10.9 Å². The van der Waals surface area contributed by atoms with Crippen LogP contribution < -0.4 is 5.73 Å². The Kier molecular flexibility index (Phi) is 4.46. The molecule has 1 aromatic carbocycles. The maximum atomic E-state index is 12.1. The SMILES string of the molecule is CCC1C(N)CC1c1ccc(SCC(F)(F)F)cc1. The lowest BCUT2D eigenvalue weighted by Gasteiger charge is -2.42. The molecule has 0 bridgehead atoms. The largest absolute Gasteiger partial charge is 0.398 e. The molecule has 1 saturated carbocycles. The van der Waals surface area contributed by atoms with Gasteiger partial charge in [-0.1, -0.05) is 25.5 Å². The Bertz CT molecular complexity index is 416. The minimum atomic E-state index is -4.11. The Hall–Kier alpha value is -0.680. The van der Waals surface area contributed by atoms with Gasteiger partial charge in [0.05, 0.1) is 5.75 Å². The van der Waals surface area contributed by atoms with Gasteiger partial charge >= 0.3 is 6.18 Å². The van der Waals surface area contributed by atoms with Gasteiger partial charge < -0.3 is 5.73 Å². The zero-order chi connectivity index (χ0) is 14.0. The van der Waals surface area contributed by atoms with Crippen molar-refractivity contribution < 1.29 is 13.2 Å². The summed E-state index contributed by atoms with van der Waals surface area (Å²) in [5, 5.41) is 0. The van der Waals surface area contributed by atoms with E-state index >= 15 is 0 Å². The molecule has 0 radical (unpaired) electrons. The number of thioether (sulfide) groups is 1. The average molecular weight is 289 g/mol. The second-order valence-corrected chi connectivity index (χ2v) is 6.10. The zero-order valence-electron chi connectivity index (χ0n) is 10.8. The van der Waals surface area contributed by atoms with Crippen molar-refractivity contribution in [3.63, 3.8) is 0 Å². The monoisotopic (exact) mass is 289 g/mol. The van der Waals surface area contributed by atoms with Crippen LogP contribution >= 0.6 is 11.8 Å². The Labute approximate surface area is 115 Å². The highest BCUT2D eigenvalue weighted by atomic mass is 32.2. The van der Waals surface area contributed by atoms with Gasteiger partial charge in [-0.05, 0) is 36.0 Å². The summed E-state index contributed by atoms with van der Waals surface area (Å²) in [6.07, 6.45) is -2.08. The van der Waals surface area contributed by atoms with Gasteiger partial charge in [0.15, 0.2) is 0 Å². The van der Waals surface area contributed by atoms with E-state index < -0.39 is 11.9 Å². The molecule has 0 aromatic heterocycles. The summed E-state index contributed by atoms with van der Waals surface area (Å²) in [6.45, 7) is 2.13. The lowest BCUT2D eigenvalue weighted by Crippen LogP contribution is -2.45. The predicted octanol–water partition coefficient (Wildman–Crippen LogP) is 4.18. The number of nitrogens with two attached hydrogens (primary N) is 1. The minimum absolute atomic E-state index is 0.272. The standard InChI is InChI=1S/C14H18F3NS/c1-2-11-12(7-13(11)18)9-3-5-10(6-4-9)19-8-14(15,16)17/h3-6,11-13H,2,7-8,18H2,1H3. The van der Waals surface area contributed by atoms with E-state index in [0.717, 1.165) is 24.6 Å². The van der Waals surface area contributed by atoms with Crippen molar-refractivity contribution in [1.29, 1.82) is 0 Å². The Morgan fingerprint density at radius 2 is 1.89 bits per heavy atom. The van der Waals surface area contributed by atoms with Crippen molar-refractivity contribution in [3.8, 4) is 0 Å². The summed E-state index contributed by atoms with van der Waals surface area (Å²) in [5.41, 5.74) is 7.16. The van der Waals surface area contributed by atoms with Crippen molar-refractivity contribution in [3.05, 3.63) is 29.8 Å². The van der Waals surface area contributed by atoms with Gasteiger partial charge in [0.1, 0.15) is 0 Å². The van der Waals surface area contributed by atoms with Crippen LogP contribution in [0.25, 0.3) is 0 Å². The molecule has 0 heterocycles. The number of hydrogen-bond acceptors (Lipinski definition) is 2. The highest BCUT2D eigenvalue weighted by molar-refractivity contribution is 7.99. The van der Waals surface area contributed by atoms with Crippen LogP contribution in [0.1, 0.15) is 31.2 Å². The van der Waals surface area contributed by atoms with Gasteiger partial charge in [-0.3, -0.25) is 0 Å². The smallest absolute Gasteiger partial charge is 0.327 e. The molecular formula is C14H18F3NS. The molecule has 0 amide bonds. The predicted molar refractivity (Wildman–Crippen MR) is 72.3 cm³/mol. The highest BCUT2D eigenvalue weighted by Crippen LogP contribution is 2.43. The summed E-state index contributed by atoms with van der Waals surface area (Å²) in [6, 6.07) is 7.72. The van der Waals surface area contributed by atoms with Crippen LogP contribution in [0.2, 0.25) is 0 Å². The van der Waals surface area contributed by atoms with E-state index in [4.69, 9.17) is 5.73 Å². The van der Waals surface area contributed by atoms with Gasteiger partial charge in [-0.25, -0.2) is 0 Å². The van der Waals surface area contributed by atoms with Crippen LogP contribution in [0.4, 0.5) is 13.2 Å². The van der Waals surface area contributed by atoms with Crippen LogP contribution in [0.5, 0.6) is 0 Å². The lowest BCUT2D eigenvalue weighted by molar-refractivity contribution is -0.105. The van der Waals surface area contributed by atoms with Crippen molar-refractivity contribution in [2.75, 3.05) is 5.75 Å². The van der Waals surface area contributed by atoms with Crippen LogP contribution in [0.3, 0.4) is 0 Å². The van der Waals surface area contributed by atoms with E-state index in [1.165, 1.54) is 5.56 Å². The number of benzene rings is 1. The van der Waals surface area contributed by atoms with Crippen LogP contribution in [-0.2, 0) is 0 Å². The molecule has 0 saturated heterocycles.